The molecule has 0 spiro atoms. The lowest BCUT2D eigenvalue weighted by Crippen LogP contribution is -2.45. The monoisotopic (exact) mass is 742 g/mol. The molecular formula is C50H79NO3. The summed E-state index contributed by atoms with van der Waals surface area (Å²) in [6.07, 6.45) is 69.8. The molecule has 0 aliphatic rings. The lowest BCUT2D eigenvalue weighted by atomic mass is 10.1. The maximum atomic E-state index is 12.4. The Morgan fingerprint density at radius 2 is 0.833 bits per heavy atom. The van der Waals surface area contributed by atoms with Crippen LogP contribution in [0.2, 0.25) is 0 Å². The first-order valence-corrected chi connectivity index (χ1v) is 21.4. The largest absolute Gasteiger partial charge is 0.394 e. The normalized spacial score (nSPS) is 14.4. The molecule has 2 atom stereocenters. The van der Waals surface area contributed by atoms with Crippen LogP contribution in [-0.4, -0.2) is 34.9 Å². The molecule has 0 aromatic heterocycles. The number of amides is 1. The van der Waals surface area contributed by atoms with Gasteiger partial charge in [-0.05, 0) is 109 Å². The summed E-state index contributed by atoms with van der Waals surface area (Å²) in [7, 11) is 0. The second-order valence-corrected chi connectivity index (χ2v) is 13.7. The zero-order chi connectivity index (χ0) is 39.3. The smallest absolute Gasteiger partial charge is 0.220 e. The maximum Gasteiger partial charge on any atom is 0.220 e. The molecule has 3 N–H and O–H groups in total. The van der Waals surface area contributed by atoms with Crippen LogP contribution in [0.25, 0.3) is 0 Å². The van der Waals surface area contributed by atoms with Crippen molar-refractivity contribution in [3.8, 4) is 0 Å². The van der Waals surface area contributed by atoms with Crippen LogP contribution in [-0.2, 0) is 4.79 Å². The Kier molecular flexibility index (Phi) is 41.1. The van der Waals surface area contributed by atoms with Gasteiger partial charge in [-0.15, -0.1) is 0 Å². The number of aliphatic hydroxyl groups excluding tert-OH is 2. The Morgan fingerprint density at radius 3 is 1.28 bits per heavy atom. The van der Waals surface area contributed by atoms with Crippen molar-refractivity contribution in [3.05, 3.63) is 134 Å². The van der Waals surface area contributed by atoms with Crippen molar-refractivity contribution in [2.24, 2.45) is 0 Å². The van der Waals surface area contributed by atoms with Crippen LogP contribution in [0, 0.1) is 0 Å². The average Bonchev–Trinajstić information content (AvgIpc) is 3.18. The van der Waals surface area contributed by atoms with Crippen LogP contribution in [0.4, 0.5) is 0 Å². The van der Waals surface area contributed by atoms with Crippen molar-refractivity contribution in [2.45, 2.75) is 167 Å². The van der Waals surface area contributed by atoms with E-state index in [0.717, 1.165) is 96.3 Å². The van der Waals surface area contributed by atoms with E-state index in [4.69, 9.17) is 0 Å². The minimum Gasteiger partial charge on any atom is -0.394 e. The molecule has 1 amide bonds. The van der Waals surface area contributed by atoms with Gasteiger partial charge in [0.1, 0.15) is 0 Å². The average molecular weight is 742 g/mol. The first-order chi connectivity index (χ1) is 26.7. The van der Waals surface area contributed by atoms with Crippen LogP contribution < -0.4 is 5.32 Å². The first kappa shape index (κ1) is 50.5. The fourth-order valence-electron chi connectivity index (χ4n) is 5.34. The summed E-state index contributed by atoms with van der Waals surface area (Å²) in [5.74, 6) is -0.128. The molecule has 0 radical (unpaired) electrons. The lowest BCUT2D eigenvalue weighted by Gasteiger charge is -2.19. The van der Waals surface area contributed by atoms with E-state index in [0.29, 0.717) is 6.42 Å². The molecule has 4 heteroatoms. The molecule has 0 rings (SSSR count). The molecule has 0 aromatic rings. The fraction of sp³-hybridized carbons (Fsp3) is 0.540. The van der Waals surface area contributed by atoms with Crippen LogP contribution in [0.5, 0.6) is 0 Å². The molecular weight excluding hydrogens is 663 g/mol. The Labute approximate surface area is 332 Å². The highest BCUT2D eigenvalue weighted by molar-refractivity contribution is 5.76. The molecule has 302 valence electrons. The maximum absolute atomic E-state index is 12.4. The Morgan fingerprint density at radius 1 is 0.463 bits per heavy atom. The van der Waals surface area contributed by atoms with Gasteiger partial charge in [-0.3, -0.25) is 4.79 Å². The number of hydrogen-bond acceptors (Lipinski definition) is 3. The predicted octanol–water partition coefficient (Wildman–Crippen LogP) is 13.6. The highest BCUT2D eigenvalue weighted by Gasteiger charge is 2.17. The van der Waals surface area contributed by atoms with Crippen LogP contribution in [0.1, 0.15) is 155 Å². The number of rotatable bonds is 36. The van der Waals surface area contributed by atoms with Crippen molar-refractivity contribution < 1.29 is 15.0 Å². The van der Waals surface area contributed by atoms with Crippen molar-refractivity contribution in [1.29, 1.82) is 0 Å². The fourth-order valence-corrected chi connectivity index (χ4v) is 5.34. The Bertz CT molecular complexity index is 1160. The summed E-state index contributed by atoms with van der Waals surface area (Å²) >= 11 is 0. The second kappa shape index (κ2) is 43.9. The van der Waals surface area contributed by atoms with E-state index in [1.165, 1.54) is 38.5 Å². The van der Waals surface area contributed by atoms with Gasteiger partial charge in [-0.1, -0.05) is 173 Å². The number of hydrogen-bond donors (Lipinski definition) is 3. The summed E-state index contributed by atoms with van der Waals surface area (Å²) in [6, 6.07) is -0.678. The minimum absolute atomic E-state index is 0.128. The number of nitrogens with one attached hydrogen (secondary N) is 1. The number of allylic oxidation sites excluding steroid dienone is 21. The number of carbonyl (C=O) groups excluding carboxylic acids is 1. The Hall–Kier alpha value is -3.47. The first-order valence-electron chi connectivity index (χ1n) is 21.4. The highest BCUT2D eigenvalue weighted by atomic mass is 16.3. The number of unbranched alkanes of at least 4 members (excludes halogenated alkanes) is 9. The van der Waals surface area contributed by atoms with Gasteiger partial charge in [0.2, 0.25) is 5.91 Å². The predicted molar refractivity (Wildman–Crippen MR) is 238 cm³/mol. The summed E-state index contributed by atoms with van der Waals surface area (Å²) in [5, 5.41) is 22.9. The van der Waals surface area contributed by atoms with Crippen molar-refractivity contribution in [1.82, 2.24) is 5.32 Å². The van der Waals surface area contributed by atoms with Crippen molar-refractivity contribution >= 4 is 5.91 Å². The third-order valence-electron chi connectivity index (χ3n) is 8.60. The van der Waals surface area contributed by atoms with E-state index in [-0.39, 0.29) is 12.5 Å². The SMILES string of the molecule is CC/C=C\C/C=C\C/C=C\C/C=C\C/C=C\C/C=C\C/C=C\C/C=C\CCCCC(=O)NC(CO)C(O)/C=C/CC/C=C/CC/C=C/CCCCCCC. The minimum atomic E-state index is -0.898. The molecule has 0 bridgehead atoms. The topological polar surface area (TPSA) is 69.6 Å². The molecule has 0 aliphatic carbocycles. The van der Waals surface area contributed by atoms with Gasteiger partial charge in [-0.25, -0.2) is 0 Å². The molecule has 4 nitrogen and oxygen atoms in total. The van der Waals surface area contributed by atoms with E-state index < -0.39 is 12.1 Å². The summed E-state index contributed by atoms with van der Waals surface area (Å²) in [6.45, 7) is 4.12. The van der Waals surface area contributed by atoms with Crippen LogP contribution in [0.15, 0.2) is 134 Å². The van der Waals surface area contributed by atoms with Gasteiger partial charge in [0.25, 0.3) is 0 Å². The zero-order valence-electron chi connectivity index (χ0n) is 34.4. The van der Waals surface area contributed by atoms with E-state index in [1.54, 1.807) is 6.08 Å². The standard InChI is InChI=1S/C50H79NO3/c1-3-5-7-9-11-13-15-17-19-20-21-22-23-24-25-26-27-28-29-30-32-34-36-38-40-42-44-46-50(54)51-48(47-52)49(53)45-43-41-39-37-35-33-31-18-16-14-12-10-8-6-4-2/h5,7,11,13,16-19,21-22,24-25,27-28,30,32,35-38,43,45,48-49,52-53H,3-4,6,8-10,12,14-15,20,23,26,29,31,33-34,39-42,44,46-47H2,1-2H3,(H,51,54)/b7-5-,13-11-,18-16+,19-17-,22-21-,25-24-,28-27-,32-30-,37-35+,38-36-,45-43+. The quantitative estimate of drug-likeness (QED) is 0.0442. The van der Waals surface area contributed by atoms with Crippen molar-refractivity contribution in [2.75, 3.05) is 6.61 Å². The van der Waals surface area contributed by atoms with Gasteiger partial charge < -0.3 is 15.5 Å². The van der Waals surface area contributed by atoms with Gasteiger partial charge in [-0.2, -0.15) is 0 Å². The molecule has 0 heterocycles. The number of carbonyl (C=O) groups is 1. The van der Waals surface area contributed by atoms with Gasteiger partial charge in [0.15, 0.2) is 0 Å². The molecule has 0 fully saturated rings. The molecule has 0 aromatic carbocycles. The van der Waals surface area contributed by atoms with Gasteiger partial charge >= 0.3 is 0 Å². The molecule has 54 heavy (non-hydrogen) atoms. The van der Waals surface area contributed by atoms with E-state index in [9.17, 15) is 15.0 Å². The third kappa shape index (κ3) is 39.7. The zero-order valence-corrected chi connectivity index (χ0v) is 34.4. The molecule has 0 saturated heterocycles. The Balaban J connectivity index is 3.83. The van der Waals surface area contributed by atoms with Gasteiger partial charge in [0, 0.05) is 6.42 Å². The second-order valence-electron chi connectivity index (χ2n) is 13.7. The molecule has 0 aliphatic heterocycles. The summed E-state index contributed by atoms with van der Waals surface area (Å²) < 4.78 is 0. The highest BCUT2D eigenvalue weighted by Crippen LogP contribution is 2.07. The van der Waals surface area contributed by atoms with Gasteiger partial charge in [0.05, 0.1) is 18.8 Å². The van der Waals surface area contributed by atoms with E-state index in [1.807, 2.05) is 6.08 Å². The van der Waals surface area contributed by atoms with Crippen molar-refractivity contribution in [3.63, 3.8) is 0 Å². The molecule has 2 unspecified atom stereocenters. The summed E-state index contributed by atoms with van der Waals surface area (Å²) in [5.41, 5.74) is 0. The lowest BCUT2D eigenvalue weighted by molar-refractivity contribution is -0.123. The van der Waals surface area contributed by atoms with E-state index in [2.05, 4.69) is 141 Å². The summed E-state index contributed by atoms with van der Waals surface area (Å²) in [4.78, 5) is 12.4. The molecule has 0 saturated carbocycles. The van der Waals surface area contributed by atoms with Crippen LogP contribution >= 0.6 is 0 Å². The van der Waals surface area contributed by atoms with E-state index >= 15 is 0 Å². The third-order valence-corrected chi connectivity index (χ3v) is 8.60. The van der Waals surface area contributed by atoms with Crippen LogP contribution in [0.3, 0.4) is 0 Å². The number of aliphatic hydroxyl groups is 2.